The number of nitrogens with zero attached hydrogens (tertiary/aromatic N) is 5. The van der Waals surface area contributed by atoms with Gasteiger partial charge >= 0.3 is 0 Å². The van der Waals surface area contributed by atoms with Crippen LogP contribution in [0.3, 0.4) is 0 Å². The highest BCUT2D eigenvalue weighted by molar-refractivity contribution is 5.85. The van der Waals surface area contributed by atoms with Gasteiger partial charge in [0.1, 0.15) is 0 Å². The molecule has 2 aromatic heterocycles. The molecule has 0 spiro atoms. The van der Waals surface area contributed by atoms with Crippen LogP contribution in [0.4, 0.5) is 0 Å². The molecule has 0 radical (unpaired) electrons. The molecule has 2 saturated heterocycles. The number of hydrogen-bond acceptors (Lipinski definition) is 6. The summed E-state index contributed by atoms with van der Waals surface area (Å²) >= 11 is 0. The zero-order valence-electron chi connectivity index (χ0n) is 15.8. The van der Waals surface area contributed by atoms with Crippen molar-refractivity contribution >= 4 is 18.3 Å². The van der Waals surface area contributed by atoms with Gasteiger partial charge in [-0.25, -0.2) is 0 Å². The first-order valence-corrected chi connectivity index (χ1v) is 9.37. The van der Waals surface area contributed by atoms with Crippen LogP contribution in [0.2, 0.25) is 0 Å². The lowest BCUT2D eigenvalue weighted by molar-refractivity contribution is -0.137. The highest BCUT2D eigenvalue weighted by Gasteiger charge is 2.38. The first kappa shape index (κ1) is 19.8. The van der Waals surface area contributed by atoms with Gasteiger partial charge in [-0.15, -0.1) is 12.4 Å². The Morgan fingerprint density at radius 1 is 1.41 bits per heavy atom. The lowest BCUT2D eigenvalue weighted by atomic mass is 9.88. The normalized spacial score (nSPS) is 25.4. The van der Waals surface area contributed by atoms with Gasteiger partial charge in [0.2, 0.25) is 11.8 Å². The Labute approximate surface area is 165 Å². The molecule has 2 aliphatic heterocycles. The van der Waals surface area contributed by atoms with Gasteiger partial charge in [0.15, 0.2) is 5.82 Å². The fourth-order valence-corrected chi connectivity index (χ4v) is 4.27. The largest absolute Gasteiger partial charge is 0.342 e. The molecule has 2 aliphatic rings. The average molecular weight is 395 g/mol. The van der Waals surface area contributed by atoms with Gasteiger partial charge in [0.05, 0.1) is 12.1 Å². The standard InChI is InChI=1S/C18H26N6O2.ClH/c1-12-21-17(22-26-12)6-13-4-3-5-24(10-13)18(25)16-9-19-8-15(16)14-7-20-23(2)11-14;/h7,11,13,15-16,19H,3-6,8-10H2,1-2H3;1H/t13?,15-,16+;/m1./s1. The van der Waals surface area contributed by atoms with E-state index in [0.29, 0.717) is 11.8 Å². The van der Waals surface area contributed by atoms with E-state index in [1.807, 2.05) is 24.3 Å². The van der Waals surface area contributed by atoms with E-state index in [-0.39, 0.29) is 30.2 Å². The van der Waals surface area contributed by atoms with E-state index in [1.54, 1.807) is 11.6 Å². The number of likely N-dealkylation sites (tertiary alicyclic amines) is 1. The van der Waals surface area contributed by atoms with Gasteiger partial charge in [-0.2, -0.15) is 10.1 Å². The van der Waals surface area contributed by atoms with Crippen molar-refractivity contribution in [3.05, 3.63) is 29.7 Å². The van der Waals surface area contributed by atoms with E-state index in [0.717, 1.165) is 56.8 Å². The third-order valence-electron chi connectivity index (χ3n) is 5.56. The molecule has 3 atom stereocenters. The number of hydrogen-bond donors (Lipinski definition) is 1. The Hall–Kier alpha value is -1.93. The van der Waals surface area contributed by atoms with Crippen LogP contribution < -0.4 is 5.32 Å². The molecule has 0 aromatic carbocycles. The number of halogens is 1. The quantitative estimate of drug-likeness (QED) is 0.841. The first-order valence-electron chi connectivity index (χ1n) is 9.37. The number of carbonyl (C=O) groups is 1. The van der Waals surface area contributed by atoms with Gasteiger partial charge in [-0.05, 0) is 24.3 Å². The van der Waals surface area contributed by atoms with E-state index in [4.69, 9.17) is 4.52 Å². The summed E-state index contributed by atoms with van der Waals surface area (Å²) in [6.45, 7) is 5.00. The van der Waals surface area contributed by atoms with Crippen LogP contribution >= 0.6 is 12.4 Å². The number of aromatic nitrogens is 4. The molecule has 4 heterocycles. The molecule has 148 valence electrons. The van der Waals surface area contributed by atoms with E-state index >= 15 is 0 Å². The summed E-state index contributed by atoms with van der Waals surface area (Å²) in [5.74, 6) is 2.20. The summed E-state index contributed by atoms with van der Waals surface area (Å²) in [6.07, 6.45) is 6.82. The second kappa shape index (κ2) is 8.39. The Balaban J connectivity index is 0.00000210. The van der Waals surface area contributed by atoms with Crippen LogP contribution in [0.15, 0.2) is 16.9 Å². The number of rotatable bonds is 4. The van der Waals surface area contributed by atoms with Crippen LogP contribution in [0.25, 0.3) is 0 Å². The minimum atomic E-state index is -0.00892. The summed E-state index contributed by atoms with van der Waals surface area (Å²) in [5.41, 5.74) is 1.15. The minimum absolute atomic E-state index is 0. The molecule has 1 amide bonds. The third kappa shape index (κ3) is 4.32. The summed E-state index contributed by atoms with van der Waals surface area (Å²) in [7, 11) is 1.91. The van der Waals surface area contributed by atoms with Gasteiger partial charge < -0.3 is 14.7 Å². The lowest BCUT2D eigenvalue weighted by Gasteiger charge is -2.35. The van der Waals surface area contributed by atoms with Crippen molar-refractivity contribution in [3.8, 4) is 0 Å². The summed E-state index contributed by atoms with van der Waals surface area (Å²) in [4.78, 5) is 19.6. The second-order valence-corrected chi connectivity index (χ2v) is 7.54. The predicted octanol–water partition coefficient (Wildman–Crippen LogP) is 1.32. The van der Waals surface area contributed by atoms with Crippen molar-refractivity contribution in [3.63, 3.8) is 0 Å². The number of amides is 1. The van der Waals surface area contributed by atoms with Gasteiger partial charge in [0, 0.05) is 58.7 Å². The molecule has 0 aliphatic carbocycles. The van der Waals surface area contributed by atoms with Crippen LogP contribution in [-0.4, -0.2) is 56.9 Å². The smallest absolute Gasteiger partial charge is 0.227 e. The van der Waals surface area contributed by atoms with Crippen molar-refractivity contribution in [2.24, 2.45) is 18.9 Å². The fourth-order valence-electron chi connectivity index (χ4n) is 4.27. The monoisotopic (exact) mass is 394 g/mol. The highest BCUT2D eigenvalue weighted by Crippen LogP contribution is 2.31. The van der Waals surface area contributed by atoms with Crippen LogP contribution in [0, 0.1) is 18.8 Å². The number of piperidine rings is 1. The molecule has 27 heavy (non-hydrogen) atoms. The molecule has 2 aromatic rings. The Morgan fingerprint density at radius 2 is 2.26 bits per heavy atom. The molecular formula is C18H27ClN6O2. The van der Waals surface area contributed by atoms with Crippen LogP contribution in [-0.2, 0) is 18.3 Å². The molecular weight excluding hydrogens is 368 g/mol. The SMILES string of the molecule is Cc1nc(CC2CCCN(C(=O)[C@H]3CNC[C@@H]3c3cnn(C)c3)C2)no1.Cl. The second-order valence-electron chi connectivity index (χ2n) is 7.54. The average Bonchev–Trinajstić information content (AvgIpc) is 3.35. The maximum absolute atomic E-state index is 13.2. The van der Waals surface area contributed by atoms with Crippen molar-refractivity contribution < 1.29 is 9.32 Å². The molecule has 0 bridgehead atoms. The summed E-state index contributed by atoms with van der Waals surface area (Å²) in [5, 5.41) is 11.7. The zero-order chi connectivity index (χ0) is 18.1. The molecule has 1 N–H and O–H groups in total. The lowest BCUT2D eigenvalue weighted by Crippen LogP contribution is -2.45. The number of carbonyl (C=O) groups excluding carboxylic acids is 1. The van der Waals surface area contributed by atoms with Crippen molar-refractivity contribution in [2.75, 3.05) is 26.2 Å². The topological polar surface area (TPSA) is 89.1 Å². The van der Waals surface area contributed by atoms with Crippen molar-refractivity contribution in [2.45, 2.75) is 32.1 Å². The third-order valence-corrected chi connectivity index (χ3v) is 5.56. The number of aryl methyl sites for hydroxylation is 2. The molecule has 2 fully saturated rings. The molecule has 9 heteroatoms. The summed E-state index contributed by atoms with van der Waals surface area (Å²) in [6, 6.07) is 0. The van der Waals surface area contributed by atoms with Gasteiger partial charge in [-0.1, -0.05) is 5.16 Å². The van der Waals surface area contributed by atoms with Crippen molar-refractivity contribution in [1.29, 1.82) is 0 Å². The highest BCUT2D eigenvalue weighted by atomic mass is 35.5. The molecule has 8 nitrogen and oxygen atoms in total. The van der Waals surface area contributed by atoms with E-state index < -0.39 is 0 Å². The zero-order valence-corrected chi connectivity index (χ0v) is 16.6. The van der Waals surface area contributed by atoms with Crippen molar-refractivity contribution in [1.82, 2.24) is 30.1 Å². The molecule has 1 unspecified atom stereocenters. The molecule has 0 saturated carbocycles. The predicted molar refractivity (Wildman–Crippen MR) is 102 cm³/mol. The number of nitrogens with one attached hydrogen (secondary N) is 1. The van der Waals surface area contributed by atoms with Gasteiger partial charge in [-0.3, -0.25) is 9.48 Å². The van der Waals surface area contributed by atoms with Crippen LogP contribution in [0.5, 0.6) is 0 Å². The minimum Gasteiger partial charge on any atom is -0.342 e. The van der Waals surface area contributed by atoms with Gasteiger partial charge in [0.25, 0.3) is 0 Å². The van der Waals surface area contributed by atoms with E-state index in [2.05, 4.69) is 20.6 Å². The van der Waals surface area contributed by atoms with E-state index in [1.165, 1.54) is 0 Å². The summed E-state index contributed by atoms with van der Waals surface area (Å²) < 4.78 is 6.87. The molecule has 4 rings (SSSR count). The van der Waals surface area contributed by atoms with Crippen LogP contribution in [0.1, 0.15) is 36.0 Å². The maximum Gasteiger partial charge on any atom is 0.227 e. The maximum atomic E-state index is 13.2. The Kier molecular flexibility index (Phi) is 6.16. The fraction of sp³-hybridized carbons (Fsp3) is 0.667. The Bertz CT molecular complexity index is 775. The Morgan fingerprint density at radius 3 is 2.96 bits per heavy atom. The first-order chi connectivity index (χ1) is 12.6. The van der Waals surface area contributed by atoms with E-state index in [9.17, 15) is 4.79 Å².